The van der Waals surface area contributed by atoms with Crippen LogP contribution in [-0.2, 0) is 33.0 Å². The van der Waals surface area contributed by atoms with Crippen LogP contribution in [0.3, 0.4) is 0 Å². The van der Waals surface area contributed by atoms with Crippen LogP contribution in [0.15, 0.2) is 22.3 Å². The maximum absolute atomic E-state index is 12.6. The number of carbonyl (C=O) groups excluding carboxylic acids is 1. The average molecular weight is 400 g/mol. The highest BCUT2D eigenvalue weighted by molar-refractivity contribution is 7.10. The summed E-state index contributed by atoms with van der Waals surface area (Å²) in [5.74, 6) is 0.920. The lowest BCUT2D eigenvalue weighted by Gasteiger charge is -2.27. The van der Waals surface area contributed by atoms with Crippen LogP contribution in [0.5, 0.6) is 0 Å². The Morgan fingerprint density at radius 2 is 2.25 bits per heavy atom. The monoisotopic (exact) mass is 399 g/mol. The van der Waals surface area contributed by atoms with Crippen LogP contribution in [0.25, 0.3) is 0 Å². The van der Waals surface area contributed by atoms with Crippen molar-refractivity contribution in [1.82, 2.24) is 25.2 Å². The number of nitrogens with one attached hydrogen (secondary N) is 1. The molecule has 0 bridgehead atoms. The fourth-order valence-corrected chi connectivity index (χ4v) is 4.80. The standard InChI is InChI=1S/C20H25N5O2S/c1-13-17(14(2)27-23-13)10-25-7-5-16-18(12-28-19(16)11-25)20(26)21-6-4-15-8-22-24(3)9-15/h8-9,12H,4-7,10-11H2,1-3H3,(H,21,26). The van der Waals surface area contributed by atoms with Crippen molar-refractivity contribution in [2.24, 2.45) is 7.05 Å². The Kier molecular flexibility index (Phi) is 5.32. The van der Waals surface area contributed by atoms with E-state index in [2.05, 4.69) is 20.5 Å². The zero-order valence-electron chi connectivity index (χ0n) is 16.5. The van der Waals surface area contributed by atoms with Gasteiger partial charge in [-0.3, -0.25) is 14.4 Å². The van der Waals surface area contributed by atoms with Crippen molar-refractivity contribution < 1.29 is 9.32 Å². The highest BCUT2D eigenvalue weighted by atomic mass is 32.1. The van der Waals surface area contributed by atoms with Gasteiger partial charge in [-0.1, -0.05) is 5.16 Å². The molecule has 4 heterocycles. The summed E-state index contributed by atoms with van der Waals surface area (Å²) in [7, 11) is 1.90. The third-order valence-electron chi connectivity index (χ3n) is 5.29. The first-order valence-electron chi connectivity index (χ1n) is 9.50. The highest BCUT2D eigenvalue weighted by Gasteiger charge is 2.25. The van der Waals surface area contributed by atoms with Crippen molar-refractivity contribution in [1.29, 1.82) is 0 Å². The van der Waals surface area contributed by atoms with Crippen molar-refractivity contribution >= 4 is 17.2 Å². The molecule has 0 atom stereocenters. The Labute approximate surface area is 168 Å². The molecule has 3 aromatic rings. The SMILES string of the molecule is Cc1noc(C)c1CN1CCc2c(C(=O)NCCc3cnn(C)c3)csc2C1. The van der Waals surface area contributed by atoms with Gasteiger partial charge in [-0.05, 0) is 37.8 Å². The van der Waals surface area contributed by atoms with Gasteiger partial charge in [0.1, 0.15) is 5.76 Å². The molecule has 0 radical (unpaired) electrons. The Bertz CT molecular complexity index is 967. The summed E-state index contributed by atoms with van der Waals surface area (Å²) < 4.78 is 7.06. The Morgan fingerprint density at radius 3 is 2.96 bits per heavy atom. The molecule has 0 saturated heterocycles. The molecule has 3 aromatic heterocycles. The lowest BCUT2D eigenvalue weighted by atomic mass is 10.0. The zero-order valence-corrected chi connectivity index (χ0v) is 17.3. The second-order valence-corrected chi connectivity index (χ2v) is 8.31. The number of hydrogen-bond donors (Lipinski definition) is 1. The van der Waals surface area contributed by atoms with E-state index in [-0.39, 0.29) is 5.91 Å². The largest absolute Gasteiger partial charge is 0.361 e. The van der Waals surface area contributed by atoms with Crippen LogP contribution >= 0.6 is 11.3 Å². The average Bonchev–Trinajstić information content (AvgIpc) is 3.36. The normalized spacial score (nSPS) is 14.2. The number of hydrogen-bond acceptors (Lipinski definition) is 6. The summed E-state index contributed by atoms with van der Waals surface area (Å²) in [6.45, 7) is 7.21. The molecular weight excluding hydrogens is 374 g/mol. The lowest BCUT2D eigenvalue weighted by Crippen LogP contribution is -2.31. The molecule has 1 amide bonds. The van der Waals surface area contributed by atoms with E-state index in [1.807, 2.05) is 38.7 Å². The van der Waals surface area contributed by atoms with Gasteiger partial charge >= 0.3 is 0 Å². The molecule has 0 spiro atoms. The quantitative estimate of drug-likeness (QED) is 0.690. The molecule has 7 nitrogen and oxygen atoms in total. The minimum atomic E-state index is 0.0283. The summed E-state index contributed by atoms with van der Waals surface area (Å²) in [6.07, 6.45) is 5.50. The summed E-state index contributed by atoms with van der Waals surface area (Å²) >= 11 is 1.68. The van der Waals surface area contributed by atoms with Gasteiger partial charge in [0.15, 0.2) is 0 Å². The smallest absolute Gasteiger partial charge is 0.252 e. The maximum Gasteiger partial charge on any atom is 0.252 e. The first-order chi connectivity index (χ1) is 13.5. The Morgan fingerprint density at radius 1 is 1.39 bits per heavy atom. The van der Waals surface area contributed by atoms with Crippen LogP contribution in [0.4, 0.5) is 0 Å². The first-order valence-corrected chi connectivity index (χ1v) is 10.4. The van der Waals surface area contributed by atoms with Crippen molar-refractivity contribution in [2.75, 3.05) is 13.1 Å². The minimum Gasteiger partial charge on any atom is -0.361 e. The van der Waals surface area contributed by atoms with Gasteiger partial charge in [-0.2, -0.15) is 5.10 Å². The van der Waals surface area contributed by atoms with Gasteiger partial charge in [-0.15, -0.1) is 11.3 Å². The number of thiophene rings is 1. The number of carbonyl (C=O) groups is 1. The molecule has 0 aromatic carbocycles. The van der Waals surface area contributed by atoms with Crippen LogP contribution in [0.2, 0.25) is 0 Å². The first kappa shape index (κ1) is 18.9. The van der Waals surface area contributed by atoms with Gasteiger partial charge < -0.3 is 9.84 Å². The molecule has 1 N–H and O–H groups in total. The van der Waals surface area contributed by atoms with E-state index in [9.17, 15) is 4.79 Å². The van der Waals surface area contributed by atoms with Gasteiger partial charge in [0.2, 0.25) is 0 Å². The summed E-state index contributed by atoms with van der Waals surface area (Å²) in [6, 6.07) is 0. The molecule has 4 rings (SSSR count). The molecule has 8 heteroatoms. The molecule has 1 aliphatic heterocycles. The van der Waals surface area contributed by atoms with E-state index >= 15 is 0 Å². The highest BCUT2D eigenvalue weighted by Crippen LogP contribution is 2.30. The molecule has 0 fully saturated rings. The number of nitrogens with zero attached hydrogens (tertiary/aromatic N) is 4. The maximum atomic E-state index is 12.6. The van der Waals surface area contributed by atoms with E-state index < -0.39 is 0 Å². The number of fused-ring (bicyclic) bond motifs is 1. The van der Waals surface area contributed by atoms with Crippen LogP contribution in [0.1, 0.15) is 43.4 Å². The van der Waals surface area contributed by atoms with E-state index in [4.69, 9.17) is 4.52 Å². The Hall–Kier alpha value is -2.45. The van der Waals surface area contributed by atoms with Gasteiger partial charge in [0.25, 0.3) is 5.91 Å². The summed E-state index contributed by atoms with van der Waals surface area (Å²) in [4.78, 5) is 16.3. The number of amides is 1. The molecular formula is C20H25N5O2S. The van der Waals surface area contributed by atoms with E-state index in [0.29, 0.717) is 6.54 Å². The second-order valence-electron chi connectivity index (χ2n) is 7.34. The third-order valence-corrected chi connectivity index (χ3v) is 6.30. The van der Waals surface area contributed by atoms with E-state index in [1.54, 1.807) is 16.0 Å². The van der Waals surface area contributed by atoms with Crippen LogP contribution in [0, 0.1) is 13.8 Å². The van der Waals surface area contributed by atoms with Gasteiger partial charge in [-0.25, -0.2) is 0 Å². The third kappa shape index (κ3) is 3.88. The molecule has 0 unspecified atom stereocenters. The van der Waals surface area contributed by atoms with Gasteiger partial charge in [0, 0.05) is 55.2 Å². The van der Waals surface area contributed by atoms with Crippen molar-refractivity contribution in [2.45, 2.75) is 39.8 Å². The predicted molar refractivity (Wildman–Crippen MR) is 107 cm³/mol. The van der Waals surface area contributed by atoms with Crippen LogP contribution in [-0.4, -0.2) is 38.8 Å². The van der Waals surface area contributed by atoms with E-state index in [0.717, 1.165) is 55.1 Å². The Balaban J connectivity index is 1.36. The van der Waals surface area contributed by atoms with Crippen molar-refractivity contribution in [3.63, 3.8) is 0 Å². The molecule has 0 saturated carbocycles. The molecule has 28 heavy (non-hydrogen) atoms. The molecule has 1 aliphatic rings. The zero-order chi connectivity index (χ0) is 19.7. The topological polar surface area (TPSA) is 76.2 Å². The fourth-order valence-electron chi connectivity index (χ4n) is 3.67. The molecule has 148 valence electrons. The number of rotatable bonds is 6. The van der Waals surface area contributed by atoms with Crippen molar-refractivity contribution in [3.8, 4) is 0 Å². The predicted octanol–water partition coefficient (Wildman–Crippen LogP) is 2.62. The number of aromatic nitrogens is 3. The van der Waals surface area contributed by atoms with E-state index in [1.165, 1.54) is 16.0 Å². The number of aryl methyl sites for hydroxylation is 3. The second kappa shape index (κ2) is 7.89. The van der Waals surface area contributed by atoms with Crippen molar-refractivity contribution in [3.05, 3.63) is 56.4 Å². The van der Waals surface area contributed by atoms with Crippen LogP contribution < -0.4 is 5.32 Å². The fraction of sp³-hybridized carbons (Fsp3) is 0.450. The lowest BCUT2D eigenvalue weighted by molar-refractivity contribution is 0.0953. The summed E-state index contributed by atoms with van der Waals surface area (Å²) in [5.41, 5.74) is 5.31. The minimum absolute atomic E-state index is 0.0283. The summed E-state index contributed by atoms with van der Waals surface area (Å²) in [5, 5.41) is 13.3. The van der Waals surface area contributed by atoms with Gasteiger partial charge in [0.05, 0.1) is 17.5 Å². The molecule has 0 aliphatic carbocycles.